The fourth-order valence-electron chi connectivity index (χ4n) is 3.09. The smallest absolute Gasteiger partial charge is 0.315 e. The lowest BCUT2D eigenvalue weighted by Gasteiger charge is -2.14. The summed E-state index contributed by atoms with van der Waals surface area (Å²) >= 11 is 6.06. The molecule has 0 unspecified atom stereocenters. The van der Waals surface area contributed by atoms with Crippen molar-refractivity contribution in [2.75, 3.05) is 0 Å². The van der Waals surface area contributed by atoms with Gasteiger partial charge < -0.3 is 4.74 Å². The molecule has 0 bridgehead atoms. The number of rotatable bonds is 6. The minimum absolute atomic E-state index is 0.0192. The molecule has 4 aromatic rings. The van der Waals surface area contributed by atoms with Gasteiger partial charge in [-0.1, -0.05) is 41.9 Å². The third-order valence-corrected chi connectivity index (χ3v) is 5.45. The zero-order valence-electron chi connectivity index (χ0n) is 16.4. The Morgan fingerprint density at radius 3 is 2.38 bits per heavy atom. The molecule has 1 heterocycles. The minimum atomic E-state index is -2.55. The van der Waals surface area contributed by atoms with E-state index in [-0.39, 0.29) is 17.3 Å². The molecule has 0 saturated carbocycles. The van der Waals surface area contributed by atoms with Crippen molar-refractivity contribution in [1.82, 2.24) is 9.78 Å². The van der Waals surface area contributed by atoms with Crippen molar-refractivity contribution in [3.05, 3.63) is 106 Å². The molecule has 0 aliphatic carbocycles. The van der Waals surface area contributed by atoms with Gasteiger partial charge in [0.15, 0.2) is 0 Å². The van der Waals surface area contributed by atoms with Gasteiger partial charge in [-0.3, -0.25) is 4.79 Å². The van der Waals surface area contributed by atoms with E-state index in [0.717, 1.165) is 4.68 Å². The highest BCUT2D eigenvalue weighted by atomic mass is 35.5. The third-order valence-electron chi connectivity index (χ3n) is 4.60. The van der Waals surface area contributed by atoms with Crippen LogP contribution in [0.3, 0.4) is 0 Å². The van der Waals surface area contributed by atoms with E-state index in [1.165, 1.54) is 30.5 Å². The summed E-state index contributed by atoms with van der Waals surface area (Å²) in [5.41, 5.74) is 1.53. The molecule has 4 rings (SSSR count). The van der Waals surface area contributed by atoms with E-state index in [4.69, 9.17) is 16.3 Å². The second kappa shape index (κ2) is 9.33. The zero-order valence-corrected chi connectivity index (χ0v) is 18.1. The Morgan fingerprint density at radius 2 is 1.72 bits per heavy atom. The molecule has 9 heteroatoms. The highest BCUT2D eigenvalue weighted by Crippen LogP contribution is 2.31. The summed E-state index contributed by atoms with van der Waals surface area (Å²) in [4.78, 5) is 13.3. The topological polar surface area (TPSA) is 78.3 Å². The normalized spacial score (nSPS) is 11.0. The Morgan fingerprint density at radius 1 is 1.00 bits per heavy atom. The van der Waals surface area contributed by atoms with Crippen LogP contribution in [0.15, 0.2) is 83.8 Å². The monoisotopic (exact) mass is 470 g/mol. The van der Waals surface area contributed by atoms with Crippen molar-refractivity contribution in [2.45, 2.75) is 5.75 Å². The predicted molar refractivity (Wildman–Crippen MR) is 121 cm³/mol. The standard InChI is InChI=1S/C23H16ClFN2O4S/c24-17-2-1-3-19(12-17)27-23(28)22(31-20-10-8-18(25)9-11-20)21(13-26-27)16-6-4-15(5-7-16)14-32(29)30/h1-13,32H,14H2. The van der Waals surface area contributed by atoms with Gasteiger partial charge in [-0.2, -0.15) is 9.78 Å². The van der Waals surface area contributed by atoms with Crippen molar-refractivity contribution in [1.29, 1.82) is 0 Å². The number of thiol groups is 1. The molecule has 162 valence electrons. The van der Waals surface area contributed by atoms with Crippen LogP contribution >= 0.6 is 11.6 Å². The van der Waals surface area contributed by atoms with Gasteiger partial charge in [-0.05, 0) is 53.6 Å². The fraction of sp³-hybridized carbons (Fsp3) is 0.0435. The Labute approximate surface area is 189 Å². The second-order valence-electron chi connectivity index (χ2n) is 6.83. The molecule has 0 fully saturated rings. The van der Waals surface area contributed by atoms with Crippen LogP contribution < -0.4 is 10.3 Å². The molecule has 0 spiro atoms. The first-order valence-corrected chi connectivity index (χ1v) is 11.2. The summed E-state index contributed by atoms with van der Waals surface area (Å²) in [6.45, 7) is 0. The molecule has 0 N–H and O–H groups in total. The number of nitrogens with zero attached hydrogens (tertiary/aromatic N) is 2. The fourth-order valence-corrected chi connectivity index (χ4v) is 3.79. The van der Waals surface area contributed by atoms with Crippen LogP contribution in [0.2, 0.25) is 5.02 Å². The van der Waals surface area contributed by atoms with Crippen molar-refractivity contribution in [2.24, 2.45) is 0 Å². The molecule has 6 nitrogen and oxygen atoms in total. The minimum Gasteiger partial charge on any atom is -0.451 e. The number of ether oxygens (including phenoxy) is 1. The average molecular weight is 471 g/mol. The van der Waals surface area contributed by atoms with Crippen LogP contribution in [0.5, 0.6) is 11.5 Å². The Kier molecular flexibility index (Phi) is 6.34. The summed E-state index contributed by atoms with van der Waals surface area (Å²) in [6.07, 6.45) is 1.48. The van der Waals surface area contributed by atoms with Gasteiger partial charge >= 0.3 is 5.56 Å². The molecule has 0 atom stereocenters. The lowest BCUT2D eigenvalue weighted by atomic mass is 10.1. The molecule has 0 amide bonds. The van der Waals surface area contributed by atoms with Crippen molar-refractivity contribution >= 4 is 22.3 Å². The van der Waals surface area contributed by atoms with E-state index in [0.29, 0.717) is 27.4 Å². The van der Waals surface area contributed by atoms with E-state index in [9.17, 15) is 17.6 Å². The van der Waals surface area contributed by atoms with Gasteiger partial charge in [-0.15, -0.1) is 0 Å². The van der Waals surface area contributed by atoms with Crippen molar-refractivity contribution in [3.63, 3.8) is 0 Å². The van der Waals surface area contributed by atoms with Crippen molar-refractivity contribution < 1.29 is 17.5 Å². The molecule has 1 aromatic heterocycles. The summed E-state index contributed by atoms with van der Waals surface area (Å²) < 4.78 is 42.3. The van der Waals surface area contributed by atoms with Crippen LogP contribution in [0.25, 0.3) is 16.8 Å². The first-order chi connectivity index (χ1) is 15.4. The Balaban J connectivity index is 1.84. The van der Waals surface area contributed by atoms with Crippen LogP contribution in [-0.4, -0.2) is 18.2 Å². The van der Waals surface area contributed by atoms with Crippen LogP contribution in [-0.2, 0) is 16.5 Å². The first-order valence-electron chi connectivity index (χ1n) is 9.43. The number of benzene rings is 3. The second-order valence-corrected chi connectivity index (χ2v) is 8.25. The Bertz CT molecular complexity index is 1390. The molecule has 0 saturated heterocycles. The lowest BCUT2D eigenvalue weighted by Crippen LogP contribution is -2.22. The maximum Gasteiger partial charge on any atom is 0.315 e. The summed E-state index contributed by atoms with van der Waals surface area (Å²) in [5, 5.41) is 4.70. The van der Waals surface area contributed by atoms with E-state index in [1.54, 1.807) is 48.5 Å². The van der Waals surface area contributed by atoms with Crippen LogP contribution in [0.4, 0.5) is 4.39 Å². The quantitative estimate of drug-likeness (QED) is 0.417. The maximum absolute atomic E-state index is 13.3. The number of aromatic nitrogens is 2. The molecular weight excluding hydrogens is 455 g/mol. The van der Waals surface area contributed by atoms with Gasteiger partial charge in [-0.25, -0.2) is 12.8 Å². The lowest BCUT2D eigenvalue weighted by molar-refractivity contribution is 0.468. The SMILES string of the molecule is O=c1c(Oc2ccc(F)cc2)c(-c2ccc(C[SH](=O)=O)cc2)cnn1-c1cccc(Cl)c1. The summed E-state index contributed by atoms with van der Waals surface area (Å²) in [5.74, 6) is -0.262. The number of hydrogen-bond donors (Lipinski definition) is 1. The highest BCUT2D eigenvalue weighted by molar-refractivity contribution is 7.71. The predicted octanol–water partition coefficient (Wildman–Crippen LogP) is 4.60. The van der Waals surface area contributed by atoms with Crippen molar-refractivity contribution in [3.8, 4) is 28.3 Å². The van der Waals surface area contributed by atoms with Crippen LogP contribution in [0, 0.1) is 5.82 Å². The number of hydrogen-bond acceptors (Lipinski definition) is 5. The molecule has 0 radical (unpaired) electrons. The summed E-state index contributed by atoms with van der Waals surface area (Å²) in [6, 6.07) is 18.6. The zero-order chi connectivity index (χ0) is 22.7. The van der Waals surface area contributed by atoms with E-state index >= 15 is 0 Å². The number of halogens is 2. The molecule has 0 aliphatic heterocycles. The van der Waals surface area contributed by atoms with Gasteiger partial charge in [0, 0.05) is 5.02 Å². The van der Waals surface area contributed by atoms with Gasteiger partial charge in [0.2, 0.25) is 5.75 Å². The highest BCUT2D eigenvalue weighted by Gasteiger charge is 2.17. The average Bonchev–Trinajstić information content (AvgIpc) is 2.77. The maximum atomic E-state index is 13.3. The van der Waals surface area contributed by atoms with Gasteiger partial charge in [0.1, 0.15) is 22.3 Å². The molecule has 3 aromatic carbocycles. The molecular formula is C23H16ClFN2O4S. The van der Waals surface area contributed by atoms with Crippen LogP contribution in [0.1, 0.15) is 5.56 Å². The third kappa shape index (κ3) is 4.87. The van der Waals surface area contributed by atoms with Gasteiger partial charge in [0.05, 0.1) is 23.2 Å². The van der Waals surface area contributed by atoms with E-state index in [2.05, 4.69) is 5.10 Å². The Hall–Kier alpha value is -3.49. The molecule has 0 aliphatic rings. The van der Waals surface area contributed by atoms with Gasteiger partial charge in [0.25, 0.3) is 0 Å². The summed E-state index contributed by atoms with van der Waals surface area (Å²) in [7, 11) is -2.55. The molecule has 32 heavy (non-hydrogen) atoms. The largest absolute Gasteiger partial charge is 0.451 e. The van der Waals surface area contributed by atoms with E-state index < -0.39 is 22.1 Å². The first kappa shape index (κ1) is 21.7. The van der Waals surface area contributed by atoms with E-state index in [1.807, 2.05) is 0 Å².